The zero-order valence-electron chi connectivity index (χ0n) is 9.21. The van der Waals surface area contributed by atoms with Crippen LogP contribution in [0, 0.1) is 0 Å². The van der Waals surface area contributed by atoms with Crippen molar-refractivity contribution >= 4 is 11.7 Å². The van der Waals surface area contributed by atoms with Gasteiger partial charge in [0.25, 0.3) is 0 Å². The van der Waals surface area contributed by atoms with Gasteiger partial charge in [-0.05, 0) is 36.1 Å². The van der Waals surface area contributed by atoms with Crippen LogP contribution in [0.2, 0.25) is 0 Å². The first-order chi connectivity index (χ1) is 7.17. The second-order valence-electron chi connectivity index (χ2n) is 3.44. The smallest absolute Gasteiger partial charge is 0.322 e. The third kappa shape index (κ3) is 3.27. The maximum Gasteiger partial charge on any atom is 0.322 e. The zero-order valence-corrected chi connectivity index (χ0v) is 9.21. The quantitative estimate of drug-likeness (QED) is 0.779. The van der Waals surface area contributed by atoms with Crippen molar-refractivity contribution in [2.75, 3.05) is 11.9 Å². The monoisotopic (exact) mass is 207 g/mol. The number of nitrogens with one attached hydrogen (secondary N) is 1. The highest BCUT2D eigenvalue weighted by atomic mass is 16.4. The summed E-state index contributed by atoms with van der Waals surface area (Å²) in [6, 6.07) is 6.02. The number of aryl methyl sites for hydroxylation is 2. The number of rotatable bonds is 5. The fourth-order valence-electron chi connectivity index (χ4n) is 1.59. The molecule has 15 heavy (non-hydrogen) atoms. The first-order valence-corrected chi connectivity index (χ1v) is 5.24. The van der Waals surface area contributed by atoms with Crippen molar-refractivity contribution in [1.82, 2.24) is 0 Å². The second kappa shape index (κ2) is 5.39. The molecule has 0 radical (unpaired) electrons. The SMILES string of the molecule is CCc1ccc(NCC(=O)O)cc1CC. The number of hydrogen-bond acceptors (Lipinski definition) is 2. The molecule has 0 aliphatic heterocycles. The summed E-state index contributed by atoms with van der Waals surface area (Å²) < 4.78 is 0. The van der Waals surface area contributed by atoms with Gasteiger partial charge in [-0.1, -0.05) is 19.9 Å². The van der Waals surface area contributed by atoms with Crippen molar-refractivity contribution in [2.45, 2.75) is 26.7 Å². The second-order valence-corrected chi connectivity index (χ2v) is 3.44. The van der Waals surface area contributed by atoms with Crippen LogP contribution in [-0.4, -0.2) is 17.6 Å². The number of carboxylic acid groups (broad SMARTS) is 1. The number of anilines is 1. The molecule has 0 atom stereocenters. The number of carbonyl (C=O) groups is 1. The predicted octanol–water partition coefficient (Wildman–Crippen LogP) is 2.31. The molecule has 2 N–H and O–H groups in total. The van der Waals surface area contributed by atoms with Crippen molar-refractivity contribution in [2.24, 2.45) is 0 Å². The maximum atomic E-state index is 10.4. The molecule has 82 valence electrons. The molecule has 0 saturated heterocycles. The fourth-order valence-corrected chi connectivity index (χ4v) is 1.59. The molecule has 0 fully saturated rings. The first kappa shape index (κ1) is 11.6. The Kier molecular flexibility index (Phi) is 4.16. The number of aliphatic carboxylic acids is 1. The van der Waals surface area contributed by atoms with Crippen LogP contribution in [0.5, 0.6) is 0 Å². The Labute approximate surface area is 90.1 Å². The molecule has 0 saturated carbocycles. The van der Waals surface area contributed by atoms with Crippen molar-refractivity contribution in [3.05, 3.63) is 29.3 Å². The highest BCUT2D eigenvalue weighted by molar-refractivity contribution is 5.72. The molecule has 1 aromatic carbocycles. The van der Waals surface area contributed by atoms with Gasteiger partial charge in [-0.15, -0.1) is 0 Å². The van der Waals surface area contributed by atoms with Gasteiger partial charge in [0.05, 0.1) is 0 Å². The van der Waals surface area contributed by atoms with E-state index in [1.807, 2.05) is 12.1 Å². The summed E-state index contributed by atoms with van der Waals surface area (Å²) in [5.41, 5.74) is 3.50. The molecule has 0 aliphatic rings. The molecule has 1 rings (SSSR count). The van der Waals surface area contributed by atoms with Crippen LogP contribution in [0.15, 0.2) is 18.2 Å². The van der Waals surface area contributed by atoms with E-state index in [0.29, 0.717) is 0 Å². The van der Waals surface area contributed by atoms with Gasteiger partial charge in [-0.25, -0.2) is 0 Å². The largest absolute Gasteiger partial charge is 0.480 e. The van der Waals surface area contributed by atoms with Gasteiger partial charge < -0.3 is 10.4 Å². The predicted molar refractivity (Wildman–Crippen MR) is 61.3 cm³/mol. The van der Waals surface area contributed by atoms with Crippen molar-refractivity contribution < 1.29 is 9.90 Å². The van der Waals surface area contributed by atoms with E-state index in [1.54, 1.807) is 0 Å². The molecule has 0 bridgehead atoms. The van der Waals surface area contributed by atoms with Gasteiger partial charge in [-0.3, -0.25) is 4.79 Å². The molecule has 3 nitrogen and oxygen atoms in total. The third-order valence-corrected chi connectivity index (χ3v) is 2.41. The highest BCUT2D eigenvalue weighted by Crippen LogP contribution is 2.16. The number of carboxylic acids is 1. The lowest BCUT2D eigenvalue weighted by Gasteiger charge is -2.09. The molecule has 0 heterocycles. The molecule has 3 heteroatoms. The molecular weight excluding hydrogens is 190 g/mol. The highest BCUT2D eigenvalue weighted by Gasteiger charge is 2.01. The van der Waals surface area contributed by atoms with Crippen LogP contribution in [0.3, 0.4) is 0 Å². The summed E-state index contributed by atoms with van der Waals surface area (Å²) in [5, 5.41) is 11.4. The summed E-state index contributed by atoms with van der Waals surface area (Å²) >= 11 is 0. The third-order valence-electron chi connectivity index (χ3n) is 2.41. The standard InChI is InChI=1S/C12H17NO2/c1-3-9-5-6-11(7-10(9)4-2)13-8-12(14)15/h5-7,13H,3-4,8H2,1-2H3,(H,14,15). The minimum absolute atomic E-state index is 0.0331. The van der Waals surface area contributed by atoms with Crippen LogP contribution in [0.1, 0.15) is 25.0 Å². The van der Waals surface area contributed by atoms with Gasteiger partial charge in [0.2, 0.25) is 0 Å². The van der Waals surface area contributed by atoms with Crippen LogP contribution in [-0.2, 0) is 17.6 Å². The molecule has 0 aliphatic carbocycles. The molecule has 0 amide bonds. The summed E-state index contributed by atoms with van der Waals surface area (Å²) in [6.45, 7) is 4.20. The van der Waals surface area contributed by atoms with Crippen LogP contribution < -0.4 is 5.32 Å². The number of hydrogen-bond donors (Lipinski definition) is 2. The Hall–Kier alpha value is -1.51. The lowest BCUT2D eigenvalue weighted by molar-refractivity contribution is -0.134. The van der Waals surface area contributed by atoms with Crippen molar-refractivity contribution in [3.63, 3.8) is 0 Å². The number of benzene rings is 1. The van der Waals surface area contributed by atoms with E-state index in [9.17, 15) is 4.79 Å². The molecule has 0 aromatic heterocycles. The van der Waals surface area contributed by atoms with E-state index in [1.165, 1.54) is 11.1 Å². The first-order valence-electron chi connectivity index (χ1n) is 5.24. The summed E-state index contributed by atoms with van der Waals surface area (Å²) in [4.78, 5) is 10.4. The summed E-state index contributed by atoms with van der Waals surface area (Å²) in [6.07, 6.45) is 1.99. The minimum Gasteiger partial charge on any atom is -0.480 e. The Morgan fingerprint density at radius 1 is 1.27 bits per heavy atom. The summed E-state index contributed by atoms with van der Waals surface area (Å²) in [7, 11) is 0. The fraction of sp³-hybridized carbons (Fsp3) is 0.417. The maximum absolute atomic E-state index is 10.4. The van der Waals surface area contributed by atoms with Gasteiger partial charge >= 0.3 is 5.97 Å². The Bertz CT molecular complexity index is 347. The van der Waals surface area contributed by atoms with Gasteiger partial charge in [0.1, 0.15) is 6.54 Å². The lowest BCUT2D eigenvalue weighted by Crippen LogP contribution is -2.12. The van der Waals surface area contributed by atoms with E-state index >= 15 is 0 Å². The van der Waals surface area contributed by atoms with Gasteiger partial charge in [0, 0.05) is 5.69 Å². The Balaban J connectivity index is 2.78. The average Bonchev–Trinajstić information content (AvgIpc) is 2.25. The molecule has 1 aromatic rings. The van der Waals surface area contributed by atoms with E-state index in [2.05, 4.69) is 25.2 Å². The van der Waals surface area contributed by atoms with Crippen molar-refractivity contribution in [1.29, 1.82) is 0 Å². The van der Waals surface area contributed by atoms with Crippen LogP contribution in [0.25, 0.3) is 0 Å². The topological polar surface area (TPSA) is 49.3 Å². The van der Waals surface area contributed by atoms with Crippen LogP contribution in [0.4, 0.5) is 5.69 Å². The average molecular weight is 207 g/mol. The molecule has 0 spiro atoms. The van der Waals surface area contributed by atoms with Gasteiger partial charge in [-0.2, -0.15) is 0 Å². The Morgan fingerprint density at radius 2 is 1.93 bits per heavy atom. The Morgan fingerprint density at radius 3 is 2.47 bits per heavy atom. The van der Waals surface area contributed by atoms with Crippen molar-refractivity contribution in [3.8, 4) is 0 Å². The molecule has 0 unspecified atom stereocenters. The van der Waals surface area contributed by atoms with Gasteiger partial charge in [0.15, 0.2) is 0 Å². The van der Waals surface area contributed by atoms with E-state index in [4.69, 9.17) is 5.11 Å². The van der Waals surface area contributed by atoms with E-state index in [0.717, 1.165) is 18.5 Å². The van der Waals surface area contributed by atoms with Crippen LogP contribution >= 0.6 is 0 Å². The van der Waals surface area contributed by atoms with E-state index < -0.39 is 5.97 Å². The summed E-state index contributed by atoms with van der Waals surface area (Å²) in [5.74, 6) is -0.840. The lowest BCUT2D eigenvalue weighted by atomic mass is 10.0. The minimum atomic E-state index is -0.840. The zero-order chi connectivity index (χ0) is 11.3. The molecular formula is C12H17NO2. The van der Waals surface area contributed by atoms with E-state index in [-0.39, 0.29) is 6.54 Å². The normalized spacial score (nSPS) is 10.0.